The molecule has 0 saturated carbocycles. The highest BCUT2D eigenvalue weighted by molar-refractivity contribution is 9.10. The van der Waals surface area contributed by atoms with Crippen LogP contribution < -0.4 is 0 Å². The van der Waals surface area contributed by atoms with Crippen molar-refractivity contribution in [2.24, 2.45) is 0 Å². The minimum atomic E-state index is -0.381. The lowest BCUT2D eigenvalue weighted by Gasteiger charge is -1.88. The number of H-pyrrole nitrogens is 1. The summed E-state index contributed by atoms with van der Waals surface area (Å²) in [5.41, 5.74) is 0.727. The van der Waals surface area contributed by atoms with Gasteiger partial charge in [-0.25, -0.2) is 14.4 Å². The summed E-state index contributed by atoms with van der Waals surface area (Å²) in [6.45, 7) is 0. The zero-order valence-corrected chi connectivity index (χ0v) is 6.89. The molecule has 0 aliphatic heterocycles. The standard InChI is InChI=1S/C6H3BrFN3/c7-4-2-10-6-5(11-4)3(8)1-9-6/h1-2H,(H,9,10). The van der Waals surface area contributed by atoms with Gasteiger partial charge in [0.1, 0.15) is 10.1 Å². The van der Waals surface area contributed by atoms with Crippen molar-refractivity contribution in [1.29, 1.82) is 0 Å². The number of hydrogen-bond acceptors (Lipinski definition) is 2. The number of hydrogen-bond donors (Lipinski definition) is 1. The molecule has 0 aliphatic rings. The fourth-order valence-corrected chi connectivity index (χ4v) is 1.12. The summed E-state index contributed by atoms with van der Waals surface area (Å²) in [5, 5.41) is 0. The third kappa shape index (κ3) is 1.01. The number of nitrogens with one attached hydrogen (secondary N) is 1. The minimum Gasteiger partial charge on any atom is -0.342 e. The lowest BCUT2D eigenvalue weighted by molar-refractivity contribution is 0.636. The van der Waals surface area contributed by atoms with Gasteiger partial charge in [-0.15, -0.1) is 0 Å². The number of fused-ring (bicyclic) bond motifs is 1. The van der Waals surface area contributed by atoms with E-state index in [1.807, 2.05) is 0 Å². The largest absolute Gasteiger partial charge is 0.342 e. The molecule has 2 rings (SSSR count). The molecule has 56 valence electrons. The molecule has 2 aromatic rings. The van der Waals surface area contributed by atoms with Crippen molar-refractivity contribution >= 4 is 27.1 Å². The van der Waals surface area contributed by atoms with Crippen molar-refractivity contribution in [2.45, 2.75) is 0 Å². The summed E-state index contributed by atoms with van der Waals surface area (Å²) in [4.78, 5) is 10.4. The Labute approximate surface area is 69.8 Å². The molecule has 0 radical (unpaired) electrons. The summed E-state index contributed by atoms with van der Waals surface area (Å²) in [6.07, 6.45) is 2.75. The van der Waals surface area contributed by atoms with Gasteiger partial charge in [0.15, 0.2) is 11.5 Å². The van der Waals surface area contributed by atoms with Crippen LogP contribution in [0.1, 0.15) is 0 Å². The summed E-state index contributed by atoms with van der Waals surface area (Å²) in [5.74, 6) is -0.381. The molecule has 1 N–H and O–H groups in total. The fraction of sp³-hybridized carbons (Fsp3) is 0. The quantitative estimate of drug-likeness (QED) is 0.730. The molecule has 2 aromatic heterocycles. The Morgan fingerprint density at radius 2 is 2.36 bits per heavy atom. The summed E-state index contributed by atoms with van der Waals surface area (Å²) in [7, 11) is 0. The van der Waals surface area contributed by atoms with Crippen LogP contribution in [-0.4, -0.2) is 15.0 Å². The van der Waals surface area contributed by atoms with E-state index in [1.54, 1.807) is 0 Å². The monoisotopic (exact) mass is 215 g/mol. The van der Waals surface area contributed by atoms with Gasteiger partial charge in [0.05, 0.1) is 6.20 Å². The lowest BCUT2D eigenvalue weighted by atomic mass is 10.5. The van der Waals surface area contributed by atoms with Crippen molar-refractivity contribution < 1.29 is 4.39 Å². The second kappa shape index (κ2) is 2.27. The molecule has 0 bridgehead atoms. The number of rotatable bonds is 0. The third-order valence-electron chi connectivity index (χ3n) is 1.30. The molecule has 3 nitrogen and oxygen atoms in total. The van der Waals surface area contributed by atoms with Crippen molar-refractivity contribution in [1.82, 2.24) is 15.0 Å². The summed E-state index contributed by atoms with van der Waals surface area (Å²) >= 11 is 3.10. The maximum Gasteiger partial charge on any atom is 0.168 e. The molecule has 0 spiro atoms. The fourth-order valence-electron chi connectivity index (χ4n) is 0.840. The van der Waals surface area contributed by atoms with Crippen LogP contribution in [0.25, 0.3) is 11.2 Å². The first-order valence-corrected chi connectivity index (χ1v) is 3.72. The average Bonchev–Trinajstić information content (AvgIpc) is 2.33. The minimum absolute atomic E-state index is 0.263. The van der Waals surface area contributed by atoms with E-state index in [1.165, 1.54) is 12.4 Å². The zero-order chi connectivity index (χ0) is 7.84. The van der Waals surface area contributed by atoms with Gasteiger partial charge in [0.25, 0.3) is 0 Å². The van der Waals surface area contributed by atoms with E-state index in [4.69, 9.17) is 0 Å². The van der Waals surface area contributed by atoms with Crippen LogP contribution in [0, 0.1) is 5.82 Å². The predicted molar refractivity (Wildman–Crippen MR) is 41.5 cm³/mol. The first-order valence-electron chi connectivity index (χ1n) is 2.92. The van der Waals surface area contributed by atoms with E-state index in [9.17, 15) is 4.39 Å². The normalized spacial score (nSPS) is 10.7. The van der Waals surface area contributed by atoms with Gasteiger partial charge >= 0.3 is 0 Å². The Morgan fingerprint density at radius 3 is 3.18 bits per heavy atom. The van der Waals surface area contributed by atoms with Crippen LogP contribution in [-0.2, 0) is 0 Å². The molecule has 0 atom stereocenters. The highest BCUT2D eigenvalue weighted by Crippen LogP contribution is 2.14. The Kier molecular flexibility index (Phi) is 1.38. The van der Waals surface area contributed by atoms with E-state index in [0.717, 1.165) is 0 Å². The van der Waals surface area contributed by atoms with Gasteiger partial charge < -0.3 is 4.98 Å². The molecule has 2 heterocycles. The van der Waals surface area contributed by atoms with Gasteiger partial charge in [-0.2, -0.15) is 0 Å². The molecule has 11 heavy (non-hydrogen) atoms. The van der Waals surface area contributed by atoms with E-state index in [-0.39, 0.29) is 11.3 Å². The Morgan fingerprint density at radius 1 is 1.55 bits per heavy atom. The number of aromatic nitrogens is 3. The van der Waals surface area contributed by atoms with Gasteiger partial charge in [-0.1, -0.05) is 0 Å². The highest BCUT2D eigenvalue weighted by Gasteiger charge is 2.04. The Balaban J connectivity index is 2.87. The van der Waals surface area contributed by atoms with E-state index >= 15 is 0 Å². The van der Waals surface area contributed by atoms with Gasteiger partial charge in [0, 0.05) is 6.20 Å². The molecular formula is C6H3BrFN3. The number of nitrogens with zero attached hydrogens (tertiary/aromatic N) is 2. The molecule has 0 fully saturated rings. The van der Waals surface area contributed by atoms with E-state index in [2.05, 4.69) is 30.9 Å². The SMILES string of the molecule is Fc1c[nH]c2ncc(Br)nc12. The Bertz CT molecular complexity index is 398. The number of halogens is 2. The van der Waals surface area contributed by atoms with Crippen LogP contribution in [0.4, 0.5) is 4.39 Å². The zero-order valence-electron chi connectivity index (χ0n) is 5.31. The maximum atomic E-state index is 12.8. The summed E-state index contributed by atoms with van der Waals surface area (Å²) < 4.78 is 13.3. The topological polar surface area (TPSA) is 41.6 Å². The number of aromatic amines is 1. The second-order valence-electron chi connectivity index (χ2n) is 2.03. The molecule has 0 amide bonds. The lowest BCUT2D eigenvalue weighted by Crippen LogP contribution is -1.81. The molecule has 5 heteroatoms. The first-order chi connectivity index (χ1) is 5.27. The van der Waals surface area contributed by atoms with Crippen LogP contribution in [0.15, 0.2) is 17.0 Å². The predicted octanol–water partition coefficient (Wildman–Crippen LogP) is 1.86. The average molecular weight is 216 g/mol. The van der Waals surface area contributed by atoms with Crippen LogP contribution in [0.2, 0.25) is 0 Å². The summed E-state index contributed by atoms with van der Waals surface area (Å²) in [6, 6.07) is 0. The van der Waals surface area contributed by atoms with Crippen LogP contribution >= 0.6 is 15.9 Å². The highest BCUT2D eigenvalue weighted by atomic mass is 79.9. The van der Waals surface area contributed by atoms with E-state index < -0.39 is 0 Å². The molecular weight excluding hydrogens is 213 g/mol. The van der Waals surface area contributed by atoms with Crippen LogP contribution in [0.5, 0.6) is 0 Å². The first kappa shape index (κ1) is 6.72. The van der Waals surface area contributed by atoms with Crippen LogP contribution in [0.3, 0.4) is 0 Å². The molecule has 0 saturated heterocycles. The van der Waals surface area contributed by atoms with Crippen molar-refractivity contribution in [2.75, 3.05) is 0 Å². The smallest absolute Gasteiger partial charge is 0.168 e. The van der Waals surface area contributed by atoms with Gasteiger partial charge in [-0.3, -0.25) is 0 Å². The van der Waals surface area contributed by atoms with Crippen molar-refractivity contribution in [3.8, 4) is 0 Å². The van der Waals surface area contributed by atoms with Gasteiger partial charge in [0.2, 0.25) is 0 Å². The molecule has 0 aliphatic carbocycles. The Hall–Kier alpha value is -0.970. The molecule has 0 aromatic carbocycles. The maximum absolute atomic E-state index is 12.8. The van der Waals surface area contributed by atoms with Crippen molar-refractivity contribution in [3.63, 3.8) is 0 Å². The third-order valence-corrected chi connectivity index (χ3v) is 1.69. The second-order valence-corrected chi connectivity index (χ2v) is 2.84. The van der Waals surface area contributed by atoms with Gasteiger partial charge in [-0.05, 0) is 15.9 Å². The van der Waals surface area contributed by atoms with E-state index in [0.29, 0.717) is 10.3 Å². The molecule has 0 unspecified atom stereocenters. The van der Waals surface area contributed by atoms with Crippen molar-refractivity contribution in [3.05, 3.63) is 22.8 Å².